The summed E-state index contributed by atoms with van der Waals surface area (Å²) in [6.45, 7) is 1.86. The Hall–Kier alpha value is -3.75. The Kier molecular flexibility index (Phi) is 6.74. The molecule has 0 aliphatic carbocycles. The Labute approximate surface area is 173 Å². The van der Waals surface area contributed by atoms with Gasteiger partial charge in [0, 0.05) is 24.9 Å². The number of aromatic nitrogens is 1. The van der Waals surface area contributed by atoms with E-state index < -0.39 is 11.9 Å². The van der Waals surface area contributed by atoms with Crippen molar-refractivity contribution in [3.05, 3.63) is 53.9 Å². The number of anilines is 1. The van der Waals surface area contributed by atoms with Gasteiger partial charge in [-0.3, -0.25) is 20.0 Å². The second-order valence-corrected chi connectivity index (χ2v) is 6.82. The number of nitrogens with zero attached hydrogens (tertiary/aromatic N) is 4. The first-order valence-electron chi connectivity index (χ1n) is 9.59. The highest BCUT2D eigenvalue weighted by atomic mass is 16.4. The highest BCUT2D eigenvalue weighted by Gasteiger charge is 2.29. The SMILES string of the molecule is CC1=NN(CCCC(=O)O)C(=O)/C1=N\Nc1cccc(CCc2ccccn2)c1O. The zero-order valence-electron chi connectivity index (χ0n) is 16.6. The number of aryl methyl sites for hydroxylation is 2. The fourth-order valence-electron chi connectivity index (χ4n) is 3.02. The maximum atomic E-state index is 12.4. The summed E-state index contributed by atoms with van der Waals surface area (Å²) in [6, 6.07) is 11.0. The van der Waals surface area contributed by atoms with Gasteiger partial charge < -0.3 is 10.2 Å². The summed E-state index contributed by atoms with van der Waals surface area (Å²) < 4.78 is 0. The number of hydrogen-bond donors (Lipinski definition) is 3. The zero-order chi connectivity index (χ0) is 21.5. The molecule has 0 unspecified atom stereocenters. The van der Waals surface area contributed by atoms with Gasteiger partial charge in [0.05, 0.1) is 11.4 Å². The largest absolute Gasteiger partial charge is 0.505 e. The molecule has 156 valence electrons. The molecule has 0 atom stereocenters. The van der Waals surface area contributed by atoms with Crippen LogP contribution in [0.2, 0.25) is 0 Å². The van der Waals surface area contributed by atoms with Crippen molar-refractivity contribution in [3.8, 4) is 5.75 Å². The van der Waals surface area contributed by atoms with Gasteiger partial charge in [-0.2, -0.15) is 10.2 Å². The molecule has 1 aromatic heterocycles. The molecule has 9 heteroatoms. The summed E-state index contributed by atoms with van der Waals surface area (Å²) >= 11 is 0. The Bertz CT molecular complexity index is 988. The molecular weight excluding hydrogens is 386 g/mol. The quantitative estimate of drug-likeness (QED) is 0.431. The first-order valence-corrected chi connectivity index (χ1v) is 9.59. The minimum absolute atomic E-state index is 0.0394. The lowest BCUT2D eigenvalue weighted by molar-refractivity contribution is -0.137. The first-order chi connectivity index (χ1) is 14.5. The predicted molar refractivity (Wildman–Crippen MR) is 113 cm³/mol. The highest BCUT2D eigenvalue weighted by Crippen LogP contribution is 2.28. The number of amides is 1. The van der Waals surface area contributed by atoms with Crippen LogP contribution < -0.4 is 5.43 Å². The highest BCUT2D eigenvalue weighted by molar-refractivity contribution is 6.68. The molecule has 1 aliphatic heterocycles. The van der Waals surface area contributed by atoms with Gasteiger partial charge in [-0.1, -0.05) is 18.2 Å². The molecule has 0 saturated carbocycles. The number of phenolic OH excluding ortho intramolecular Hbond substituents is 1. The number of carbonyl (C=O) groups excluding carboxylic acids is 1. The van der Waals surface area contributed by atoms with Gasteiger partial charge in [-0.15, -0.1) is 0 Å². The Balaban J connectivity index is 1.65. The van der Waals surface area contributed by atoms with Gasteiger partial charge in [-0.05, 0) is 49.9 Å². The average molecular weight is 409 g/mol. The smallest absolute Gasteiger partial charge is 0.303 e. The van der Waals surface area contributed by atoms with Crippen LogP contribution in [0.5, 0.6) is 5.75 Å². The molecule has 0 saturated heterocycles. The Morgan fingerprint density at radius 2 is 2.03 bits per heavy atom. The number of para-hydroxylation sites is 1. The van der Waals surface area contributed by atoms with E-state index in [2.05, 4.69) is 20.6 Å². The fraction of sp³-hybridized carbons (Fsp3) is 0.286. The van der Waals surface area contributed by atoms with Gasteiger partial charge in [0.1, 0.15) is 5.75 Å². The normalized spacial score (nSPS) is 14.8. The van der Waals surface area contributed by atoms with Gasteiger partial charge in [-0.25, -0.2) is 5.01 Å². The van der Waals surface area contributed by atoms with Crippen molar-refractivity contribution in [2.45, 2.75) is 32.6 Å². The monoisotopic (exact) mass is 409 g/mol. The van der Waals surface area contributed by atoms with Crippen molar-refractivity contribution < 1.29 is 19.8 Å². The van der Waals surface area contributed by atoms with Crippen molar-refractivity contribution in [1.82, 2.24) is 9.99 Å². The van der Waals surface area contributed by atoms with Crippen LogP contribution in [0.15, 0.2) is 52.8 Å². The molecule has 2 aromatic rings. The molecule has 0 radical (unpaired) electrons. The van der Waals surface area contributed by atoms with E-state index in [1.807, 2.05) is 24.3 Å². The van der Waals surface area contributed by atoms with Crippen molar-refractivity contribution >= 4 is 29.0 Å². The predicted octanol–water partition coefficient (Wildman–Crippen LogP) is 2.42. The van der Waals surface area contributed by atoms with Gasteiger partial charge >= 0.3 is 5.97 Å². The number of pyridine rings is 1. The van der Waals surface area contributed by atoms with Crippen LogP contribution in [0.1, 0.15) is 31.0 Å². The molecule has 1 aliphatic rings. The van der Waals surface area contributed by atoms with Crippen LogP contribution in [0.3, 0.4) is 0 Å². The molecule has 3 rings (SSSR count). The van der Waals surface area contributed by atoms with Crippen molar-refractivity contribution in [3.63, 3.8) is 0 Å². The van der Waals surface area contributed by atoms with Crippen LogP contribution in [0.25, 0.3) is 0 Å². The summed E-state index contributed by atoms with van der Waals surface area (Å²) in [4.78, 5) is 27.4. The van der Waals surface area contributed by atoms with E-state index in [0.29, 0.717) is 30.7 Å². The summed E-state index contributed by atoms with van der Waals surface area (Å²) in [5.74, 6) is -1.26. The molecule has 0 spiro atoms. The summed E-state index contributed by atoms with van der Waals surface area (Å²) in [5, 5.41) is 28.7. The number of carboxylic acid groups (broad SMARTS) is 1. The maximum Gasteiger partial charge on any atom is 0.303 e. The lowest BCUT2D eigenvalue weighted by Crippen LogP contribution is -2.29. The third kappa shape index (κ3) is 5.19. The standard InChI is InChI=1S/C21H23N5O4/c1-14-19(21(30)26(25-14)13-5-9-18(27)28)24-23-17-8-4-6-15(20(17)29)10-11-16-7-2-3-12-22-16/h2-4,6-8,12,23,29H,5,9-11,13H2,1H3,(H,27,28)/b24-19-. The van der Waals surface area contributed by atoms with E-state index in [9.17, 15) is 14.7 Å². The molecule has 9 nitrogen and oxygen atoms in total. The van der Waals surface area contributed by atoms with Crippen LogP contribution in [0.4, 0.5) is 5.69 Å². The third-order valence-electron chi connectivity index (χ3n) is 4.60. The van der Waals surface area contributed by atoms with Crippen molar-refractivity contribution in [2.75, 3.05) is 12.0 Å². The average Bonchev–Trinajstić information content (AvgIpc) is 3.00. The van der Waals surface area contributed by atoms with Crippen LogP contribution in [0, 0.1) is 0 Å². The molecule has 3 N–H and O–H groups in total. The number of hydrazone groups is 2. The molecular formula is C21H23N5O4. The number of rotatable bonds is 9. The van der Waals surface area contributed by atoms with Gasteiger partial charge in [0.25, 0.3) is 5.91 Å². The van der Waals surface area contributed by atoms with E-state index in [0.717, 1.165) is 11.3 Å². The molecule has 30 heavy (non-hydrogen) atoms. The van der Waals surface area contributed by atoms with Crippen LogP contribution in [-0.2, 0) is 22.4 Å². The number of hydrogen-bond acceptors (Lipinski definition) is 7. The summed E-state index contributed by atoms with van der Waals surface area (Å²) in [5.41, 5.74) is 5.35. The van der Waals surface area contributed by atoms with Gasteiger partial charge in [0.15, 0.2) is 5.71 Å². The molecule has 2 heterocycles. The Morgan fingerprint density at radius 1 is 1.20 bits per heavy atom. The van der Waals surface area contributed by atoms with Gasteiger partial charge in [0.2, 0.25) is 0 Å². The minimum atomic E-state index is -0.920. The summed E-state index contributed by atoms with van der Waals surface area (Å²) in [6.07, 6.45) is 3.28. The third-order valence-corrected chi connectivity index (χ3v) is 4.60. The molecule has 0 bridgehead atoms. The Morgan fingerprint density at radius 3 is 2.77 bits per heavy atom. The van der Waals surface area contributed by atoms with E-state index in [1.54, 1.807) is 25.3 Å². The fourth-order valence-corrected chi connectivity index (χ4v) is 3.02. The number of nitrogens with one attached hydrogen (secondary N) is 1. The minimum Gasteiger partial charge on any atom is -0.505 e. The molecule has 1 aromatic carbocycles. The van der Waals surface area contributed by atoms with Crippen LogP contribution >= 0.6 is 0 Å². The van der Waals surface area contributed by atoms with E-state index in [-0.39, 0.29) is 24.4 Å². The number of carbonyl (C=O) groups is 2. The lowest BCUT2D eigenvalue weighted by Gasteiger charge is -2.11. The maximum absolute atomic E-state index is 12.4. The van der Waals surface area contributed by atoms with Crippen molar-refractivity contribution in [2.24, 2.45) is 10.2 Å². The first kappa shape index (κ1) is 21.0. The second-order valence-electron chi connectivity index (χ2n) is 6.82. The lowest BCUT2D eigenvalue weighted by atomic mass is 10.1. The number of aromatic hydroxyl groups is 1. The van der Waals surface area contributed by atoms with E-state index >= 15 is 0 Å². The number of aliphatic carboxylic acids is 1. The van der Waals surface area contributed by atoms with E-state index in [1.165, 1.54) is 5.01 Å². The molecule has 0 fully saturated rings. The second kappa shape index (κ2) is 9.64. The zero-order valence-corrected chi connectivity index (χ0v) is 16.6. The number of phenols is 1. The number of benzene rings is 1. The number of carboxylic acids is 1. The topological polar surface area (TPSA) is 127 Å². The van der Waals surface area contributed by atoms with Crippen molar-refractivity contribution in [1.29, 1.82) is 0 Å². The summed E-state index contributed by atoms with van der Waals surface area (Å²) in [7, 11) is 0. The van der Waals surface area contributed by atoms with E-state index in [4.69, 9.17) is 5.11 Å². The van der Waals surface area contributed by atoms with Crippen LogP contribution in [-0.4, -0.2) is 50.1 Å². The molecule has 1 amide bonds.